The molecule has 1 fully saturated rings. The predicted molar refractivity (Wildman–Crippen MR) is 88.6 cm³/mol. The van der Waals surface area contributed by atoms with Crippen molar-refractivity contribution in [3.05, 3.63) is 35.9 Å². The number of hydrogen-bond acceptors (Lipinski definition) is 3. The first-order valence-electron chi connectivity index (χ1n) is 8.31. The molecule has 4 heteroatoms. The molecule has 0 spiro atoms. The molecule has 0 N–H and O–H groups in total. The van der Waals surface area contributed by atoms with Gasteiger partial charge in [-0.05, 0) is 38.3 Å². The van der Waals surface area contributed by atoms with Crippen molar-refractivity contribution >= 4 is 5.91 Å². The first-order chi connectivity index (χ1) is 10.7. The van der Waals surface area contributed by atoms with Crippen molar-refractivity contribution in [1.29, 1.82) is 0 Å². The second kappa shape index (κ2) is 8.91. The third-order valence-electron chi connectivity index (χ3n) is 4.36. The minimum absolute atomic E-state index is 0.0767. The Morgan fingerprint density at radius 2 is 2.05 bits per heavy atom. The van der Waals surface area contributed by atoms with E-state index < -0.39 is 0 Å². The Morgan fingerprint density at radius 3 is 2.77 bits per heavy atom. The van der Waals surface area contributed by atoms with E-state index in [1.807, 2.05) is 14.0 Å². The van der Waals surface area contributed by atoms with E-state index in [4.69, 9.17) is 4.74 Å². The fraction of sp³-hybridized carbons (Fsp3) is 0.611. The Labute approximate surface area is 134 Å². The normalized spacial score (nSPS) is 19.6. The van der Waals surface area contributed by atoms with Crippen molar-refractivity contribution in [2.24, 2.45) is 0 Å². The summed E-state index contributed by atoms with van der Waals surface area (Å²) >= 11 is 0. The lowest BCUT2D eigenvalue weighted by Crippen LogP contribution is -2.32. The molecule has 1 amide bonds. The van der Waals surface area contributed by atoms with E-state index in [0.717, 1.165) is 45.4 Å². The summed E-state index contributed by atoms with van der Waals surface area (Å²) in [5, 5.41) is 0. The van der Waals surface area contributed by atoms with Gasteiger partial charge in [0, 0.05) is 26.7 Å². The Kier molecular flexibility index (Phi) is 6.87. The SMILES string of the molecule is CCN(C)C(=O)COC1CCCN(Cc2ccccc2)CC1. The van der Waals surface area contributed by atoms with Crippen LogP contribution in [-0.2, 0) is 16.1 Å². The van der Waals surface area contributed by atoms with Gasteiger partial charge in [0.05, 0.1) is 6.10 Å². The van der Waals surface area contributed by atoms with Gasteiger partial charge in [-0.15, -0.1) is 0 Å². The zero-order valence-electron chi connectivity index (χ0n) is 13.8. The number of carbonyl (C=O) groups is 1. The molecule has 1 aromatic carbocycles. The van der Waals surface area contributed by atoms with Gasteiger partial charge in [0.25, 0.3) is 0 Å². The average molecular weight is 304 g/mol. The summed E-state index contributed by atoms with van der Waals surface area (Å²) in [7, 11) is 1.82. The second-order valence-electron chi connectivity index (χ2n) is 6.03. The number of nitrogens with zero attached hydrogens (tertiary/aromatic N) is 2. The molecule has 1 heterocycles. The van der Waals surface area contributed by atoms with Crippen molar-refractivity contribution in [3.8, 4) is 0 Å². The fourth-order valence-electron chi connectivity index (χ4n) is 2.77. The van der Waals surface area contributed by atoms with Gasteiger partial charge in [-0.1, -0.05) is 30.3 Å². The molecule has 122 valence electrons. The third-order valence-corrected chi connectivity index (χ3v) is 4.36. The molecule has 4 nitrogen and oxygen atoms in total. The number of carbonyl (C=O) groups excluding carboxylic acids is 1. The highest BCUT2D eigenvalue weighted by atomic mass is 16.5. The quantitative estimate of drug-likeness (QED) is 0.809. The van der Waals surface area contributed by atoms with Crippen LogP contribution in [0.2, 0.25) is 0 Å². The van der Waals surface area contributed by atoms with E-state index in [-0.39, 0.29) is 18.6 Å². The number of hydrogen-bond donors (Lipinski definition) is 0. The topological polar surface area (TPSA) is 32.8 Å². The molecule has 2 rings (SSSR count). The Morgan fingerprint density at radius 1 is 1.27 bits per heavy atom. The largest absolute Gasteiger partial charge is 0.368 e. The first-order valence-corrected chi connectivity index (χ1v) is 8.31. The van der Waals surface area contributed by atoms with Crippen LogP contribution in [0.5, 0.6) is 0 Å². The zero-order valence-corrected chi connectivity index (χ0v) is 13.8. The molecule has 22 heavy (non-hydrogen) atoms. The first kappa shape index (κ1) is 17.0. The van der Waals surface area contributed by atoms with E-state index >= 15 is 0 Å². The summed E-state index contributed by atoms with van der Waals surface area (Å²) in [6.07, 6.45) is 3.41. The monoisotopic (exact) mass is 304 g/mol. The second-order valence-corrected chi connectivity index (χ2v) is 6.03. The minimum Gasteiger partial charge on any atom is -0.368 e. The summed E-state index contributed by atoms with van der Waals surface area (Å²) in [6, 6.07) is 10.6. The van der Waals surface area contributed by atoms with E-state index in [1.165, 1.54) is 5.56 Å². The summed E-state index contributed by atoms with van der Waals surface area (Å²) in [6.45, 7) is 6.08. The maximum Gasteiger partial charge on any atom is 0.248 e. The zero-order chi connectivity index (χ0) is 15.8. The van der Waals surface area contributed by atoms with Crippen LogP contribution in [-0.4, -0.2) is 55.1 Å². The van der Waals surface area contributed by atoms with Gasteiger partial charge in [-0.2, -0.15) is 0 Å². The van der Waals surface area contributed by atoms with Gasteiger partial charge in [-0.25, -0.2) is 0 Å². The van der Waals surface area contributed by atoms with Gasteiger partial charge in [0.2, 0.25) is 5.91 Å². The molecular formula is C18H28N2O2. The van der Waals surface area contributed by atoms with Crippen molar-refractivity contribution in [3.63, 3.8) is 0 Å². The maximum atomic E-state index is 11.8. The Bertz CT molecular complexity index is 450. The van der Waals surface area contributed by atoms with Crippen LogP contribution in [0.25, 0.3) is 0 Å². The summed E-state index contributed by atoms with van der Waals surface area (Å²) < 4.78 is 5.83. The lowest BCUT2D eigenvalue weighted by molar-refractivity contribution is -0.136. The average Bonchev–Trinajstić information content (AvgIpc) is 2.78. The van der Waals surface area contributed by atoms with Crippen molar-refractivity contribution in [1.82, 2.24) is 9.80 Å². The van der Waals surface area contributed by atoms with Crippen LogP contribution in [0.15, 0.2) is 30.3 Å². The van der Waals surface area contributed by atoms with Crippen molar-refractivity contribution in [2.45, 2.75) is 38.8 Å². The van der Waals surface area contributed by atoms with Gasteiger partial charge in [0.15, 0.2) is 0 Å². The third kappa shape index (κ3) is 5.43. The Balaban J connectivity index is 1.74. The van der Waals surface area contributed by atoms with Gasteiger partial charge < -0.3 is 9.64 Å². The van der Waals surface area contributed by atoms with E-state index in [0.29, 0.717) is 0 Å². The van der Waals surface area contributed by atoms with Crippen LogP contribution in [0.3, 0.4) is 0 Å². The molecule has 1 aliphatic rings. The number of amides is 1. The molecule has 1 atom stereocenters. The number of ether oxygens (including phenoxy) is 1. The molecule has 1 saturated heterocycles. The molecule has 0 radical (unpaired) electrons. The van der Waals surface area contributed by atoms with Crippen LogP contribution < -0.4 is 0 Å². The lowest BCUT2D eigenvalue weighted by Gasteiger charge is -2.21. The summed E-state index contributed by atoms with van der Waals surface area (Å²) in [5.41, 5.74) is 1.36. The Hall–Kier alpha value is -1.39. The highest BCUT2D eigenvalue weighted by molar-refractivity contribution is 5.77. The lowest BCUT2D eigenvalue weighted by atomic mass is 10.2. The molecule has 1 aromatic rings. The van der Waals surface area contributed by atoms with Gasteiger partial charge in [-0.3, -0.25) is 9.69 Å². The molecule has 0 aromatic heterocycles. The standard InChI is InChI=1S/C18H28N2O2/c1-3-19(2)18(21)15-22-17-10-7-12-20(13-11-17)14-16-8-5-4-6-9-16/h4-6,8-9,17H,3,7,10-15H2,1-2H3. The van der Waals surface area contributed by atoms with Crippen LogP contribution in [0.4, 0.5) is 0 Å². The number of rotatable bonds is 6. The maximum absolute atomic E-state index is 11.8. The number of benzene rings is 1. The molecule has 0 saturated carbocycles. The van der Waals surface area contributed by atoms with Crippen molar-refractivity contribution in [2.75, 3.05) is 33.3 Å². The van der Waals surface area contributed by atoms with Gasteiger partial charge in [0.1, 0.15) is 6.61 Å². The van der Waals surface area contributed by atoms with Crippen LogP contribution in [0.1, 0.15) is 31.7 Å². The smallest absolute Gasteiger partial charge is 0.248 e. The van der Waals surface area contributed by atoms with E-state index in [1.54, 1.807) is 4.90 Å². The van der Waals surface area contributed by atoms with E-state index in [9.17, 15) is 4.79 Å². The van der Waals surface area contributed by atoms with Crippen molar-refractivity contribution < 1.29 is 9.53 Å². The minimum atomic E-state index is 0.0767. The van der Waals surface area contributed by atoms with E-state index in [2.05, 4.69) is 35.2 Å². The number of likely N-dealkylation sites (N-methyl/N-ethyl adjacent to an activating group) is 1. The predicted octanol–water partition coefficient (Wildman–Crippen LogP) is 2.54. The molecule has 0 bridgehead atoms. The molecule has 0 aliphatic carbocycles. The molecule has 1 aliphatic heterocycles. The highest BCUT2D eigenvalue weighted by Crippen LogP contribution is 2.16. The fourth-order valence-corrected chi connectivity index (χ4v) is 2.77. The van der Waals surface area contributed by atoms with Gasteiger partial charge >= 0.3 is 0 Å². The summed E-state index contributed by atoms with van der Waals surface area (Å²) in [5.74, 6) is 0.0767. The molecule has 1 unspecified atom stereocenters. The van der Waals surface area contributed by atoms with Crippen LogP contribution in [0, 0.1) is 0 Å². The highest BCUT2D eigenvalue weighted by Gasteiger charge is 2.19. The molecular weight excluding hydrogens is 276 g/mol. The van der Waals surface area contributed by atoms with Crippen LogP contribution >= 0.6 is 0 Å². The number of likely N-dealkylation sites (tertiary alicyclic amines) is 1. The summed E-state index contributed by atoms with van der Waals surface area (Å²) in [4.78, 5) is 16.0.